The zero-order valence-electron chi connectivity index (χ0n) is 16.6. The molecule has 6 bridgehead atoms. The molecule has 0 aromatic heterocycles. The largest absolute Gasteiger partial charge is 0.497 e. The van der Waals surface area contributed by atoms with Crippen molar-refractivity contribution in [2.24, 2.45) is 22.2 Å². The van der Waals surface area contributed by atoms with Crippen molar-refractivity contribution in [3.63, 3.8) is 0 Å². The Balaban J connectivity index is 1.64. The lowest BCUT2D eigenvalue weighted by Gasteiger charge is -2.59. The smallest absolute Gasteiger partial charge is 0.319 e. The Morgan fingerprint density at radius 3 is 3.00 bits per heavy atom. The number of carbonyl (C=O) groups is 1. The standard InChI is InChI=1S/C22H26N2O4/c1-4-12-9-13-11-21(20(25)27-3)17(12)24-8-7-22(28-18(13)24)15-10-14(26-2)5-6-16(15)23-19(21)22/h5-6,10,12-13,17-18H,4,7-9,11H2,1-3H3. The predicted molar refractivity (Wildman–Crippen MR) is 103 cm³/mol. The molecule has 1 aromatic rings. The highest BCUT2D eigenvalue weighted by atomic mass is 16.5. The van der Waals surface area contributed by atoms with Crippen molar-refractivity contribution in [3.05, 3.63) is 23.8 Å². The minimum Gasteiger partial charge on any atom is -0.497 e. The van der Waals surface area contributed by atoms with E-state index in [0.717, 1.165) is 54.9 Å². The van der Waals surface area contributed by atoms with Gasteiger partial charge in [-0.3, -0.25) is 14.7 Å². The van der Waals surface area contributed by atoms with Gasteiger partial charge in [0.1, 0.15) is 23.0 Å². The first-order valence-corrected chi connectivity index (χ1v) is 10.4. The van der Waals surface area contributed by atoms with Crippen molar-refractivity contribution < 1.29 is 19.0 Å². The third kappa shape index (κ3) is 1.69. The van der Waals surface area contributed by atoms with Crippen LogP contribution in [0.4, 0.5) is 5.69 Å². The number of benzene rings is 1. The highest BCUT2D eigenvalue weighted by molar-refractivity contribution is 6.16. The maximum absolute atomic E-state index is 13.5. The Morgan fingerprint density at radius 1 is 1.39 bits per heavy atom. The molecule has 7 unspecified atom stereocenters. The molecule has 0 amide bonds. The van der Waals surface area contributed by atoms with E-state index >= 15 is 0 Å². The molecule has 9 rings (SSSR count). The molecule has 6 nitrogen and oxygen atoms in total. The van der Waals surface area contributed by atoms with Gasteiger partial charge in [-0.2, -0.15) is 0 Å². The number of methoxy groups -OCH3 is 2. The van der Waals surface area contributed by atoms with E-state index in [-0.39, 0.29) is 18.2 Å². The second-order valence-corrected chi connectivity index (χ2v) is 8.94. The Morgan fingerprint density at radius 2 is 2.25 bits per heavy atom. The lowest BCUT2D eigenvalue weighted by molar-refractivity contribution is -0.247. The minimum atomic E-state index is -0.714. The average molecular weight is 382 g/mol. The summed E-state index contributed by atoms with van der Waals surface area (Å²) in [7, 11) is 3.19. The Hall–Kier alpha value is -1.92. The van der Waals surface area contributed by atoms with Crippen molar-refractivity contribution in [1.29, 1.82) is 0 Å². The molecule has 7 aliphatic heterocycles. The molecule has 8 aliphatic rings. The summed E-state index contributed by atoms with van der Waals surface area (Å²) >= 11 is 0. The number of esters is 1. The first kappa shape index (κ1) is 17.0. The van der Waals surface area contributed by atoms with Gasteiger partial charge in [0.05, 0.1) is 25.6 Å². The van der Waals surface area contributed by atoms with Crippen molar-refractivity contribution in [3.8, 4) is 5.75 Å². The van der Waals surface area contributed by atoms with Crippen LogP contribution in [-0.4, -0.2) is 49.6 Å². The normalized spacial score (nSPS) is 44.0. The molecular formula is C22H26N2O4. The number of aliphatic imine (C=N–C) groups is 1. The first-order valence-electron chi connectivity index (χ1n) is 10.4. The topological polar surface area (TPSA) is 60.4 Å². The van der Waals surface area contributed by atoms with Crippen molar-refractivity contribution in [1.82, 2.24) is 4.90 Å². The Labute approximate surface area is 164 Å². The van der Waals surface area contributed by atoms with Gasteiger partial charge in [0.2, 0.25) is 0 Å². The zero-order valence-corrected chi connectivity index (χ0v) is 16.6. The molecule has 1 spiro atoms. The molecule has 6 heteroatoms. The summed E-state index contributed by atoms with van der Waals surface area (Å²) in [6.45, 7) is 3.16. The molecule has 1 aliphatic carbocycles. The van der Waals surface area contributed by atoms with Gasteiger partial charge in [0, 0.05) is 24.1 Å². The fraction of sp³-hybridized carbons (Fsp3) is 0.636. The highest BCUT2D eigenvalue weighted by Crippen LogP contribution is 2.66. The number of nitrogens with zero attached hydrogens (tertiary/aromatic N) is 2. The molecule has 7 atom stereocenters. The van der Waals surface area contributed by atoms with Crippen LogP contribution in [0.3, 0.4) is 0 Å². The fourth-order valence-corrected chi connectivity index (χ4v) is 7.06. The summed E-state index contributed by atoms with van der Waals surface area (Å²) in [6.07, 6.45) is 3.85. The van der Waals surface area contributed by atoms with Crippen molar-refractivity contribution in [2.75, 3.05) is 20.8 Å². The van der Waals surface area contributed by atoms with E-state index in [9.17, 15) is 4.79 Å². The summed E-state index contributed by atoms with van der Waals surface area (Å²) in [5.41, 5.74) is 1.50. The molecular weight excluding hydrogens is 356 g/mol. The van der Waals surface area contributed by atoms with Gasteiger partial charge in [-0.05, 0) is 43.4 Å². The summed E-state index contributed by atoms with van der Waals surface area (Å²) in [6, 6.07) is 6.09. The van der Waals surface area contributed by atoms with Crippen molar-refractivity contribution in [2.45, 2.75) is 50.5 Å². The summed E-state index contributed by atoms with van der Waals surface area (Å²) in [5.74, 6) is 1.47. The van der Waals surface area contributed by atoms with E-state index in [0.29, 0.717) is 11.8 Å². The number of carbonyl (C=O) groups excluding carboxylic acids is 1. The third-order valence-corrected chi connectivity index (χ3v) is 8.02. The van der Waals surface area contributed by atoms with Gasteiger partial charge < -0.3 is 14.2 Å². The molecule has 0 N–H and O–H groups in total. The molecule has 28 heavy (non-hydrogen) atoms. The lowest BCUT2D eigenvalue weighted by atomic mass is 9.55. The maximum Gasteiger partial charge on any atom is 0.319 e. The first-order chi connectivity index (χ1) is 13.6. The third-order valence-electron chi connectivity index (χ3n) is 8.02. The second-order valence-electron chi connectivity index (χ2n) is 8.94. The Bertz CT molecular complexity index is 914. The van der Waals surface area contributed by atoms with E-state index in [4.69, 9.17) is 19.2 Å². The van der Waals surface area contributed by atoms with Crippen LogP contribution in [0.2, 0.25) is 0 Å². The van der Waals surface area contributed by atoms with Crippen LogP contribution in [0.5, 0.6) is 5.75 Å². The number of fused-ring (bicyclic) bond motifs is 3. The van der Waals surface area contributed by atoms with Crippen LogP contribution >= 0.6 is 0 Å². The van der Waals surface area contributed by atoms with E-state index in [2.05, 4.69) is 17.9 Å². The second kappa shape index (κ2) is 5.36. The number of rotatable bonds is 3. The number of ether oxygens (including phenoxy) is 3. The van der Waals surface area contributed by atoms with E-state index in [1.807, 2.05) is 12.1 Å². The minimum absolute atomic E-state index is 0.0594. The number of hydrogen-bond acceptors (Lipinski definition) is 6. The molecule has 148 valence electrons. The number of piperidine rings is 2. The monoisotopic (exact) mass is 382 g/mol. The zero-order chi connectivity index (χ0) is 19.3. The van der Waals surface area contributed by atoms with Crippen LogP contribution in [-0.2, 0) is 19.9 Å². The van der Waals surface area contributed by atoms with E-state index < -0.39 is 11.0 Å². The van der Waals surface area contributed by atoms with Crippen LogP contribution < -0.4 is 4.74 Å². The predicted octanol–water partition coefficient (Wildman–Crippen LogP) is 3.02. The van der Waals surface area contributed by atoms with E-state index in [1.54, 1.807) is 7.11 Å². The van der Waals surface area contributed by atoms with Gasteiger partial charge >= 0.3 is 5.97 Å². The summed E-state index contributed by atoms with van der Waals surface area (Å²) < 4.78 is 17.9. The quantitative estimate of drug-likeness (QED) is 0.752. The van der Waals surface area contributed by atoms with Crippen LogP contribution in [0.25, 0.3) is 0 Å². The maximum atomic E-state index is 13.5. The summed E-state index contributed by atoms with van der Waals surface area (Å²) in [5, 5.41) is 0. The SMILES string of the molecule is CCC1CC2CC3(C(=O)OC)C4=Nc5ccc(OC)cc5C45CCN(C2O5)C13. The molecule has 1 saturated carbocycles. The van der Waals surface area contributed by atoms with Gasteiger partial charge in [-0.25, -0.2) is 0 Å². The van der Waals surface area contributed by atoms with Gasteiger partial charge in [-0.1, -0.05) is 13.3 Å². The van der Waals surface area contributed by atoms with E-state index in [1.165, 1.54) is 7.11 Å². The molecule has 6 saturated heterocycles. The fourth-order valence-electron chi connectivity index (χ4n) is 7.06. The van der Waals surface area contributed by atoms with Crippen LogP contribution in [0.15, 0.2) is 23.2 Å². The van der Waals surface area contributed by atoms with Gasteiger partial charge in [0.15, 0.2) is 0 Å². The van der Waals surface area contributed by atoms with Crippen LogP contribution in [0.1, 0.15) is 38.2 Å². The molecule has 0 radical (unpaired) electrons. The average Bonchev–Trinajstić information content (AvgIpc) is 2.90. The number of hydrogen-bond donors (Lipinski definition) is 0. The van der Waals surface area contributed by atoms with Crippen LogP contribution in [0, 0.1) is 17.3 Å². The molecule has 7 fully saturated rings. The summed E-state index contributed by atoms with van der Waals surface area (Å²) in [4.78, 5) is 21.0. The van der Waals surface area contributed by atoms with Gasteiger partial charge in [-0.15, -0.1) is 0 Å². The molecule has 7 heterocycles. The Kier molecular flexibility index (Phi) is 3.25. The highest BCUT2D eigenvalue weighted by Gasteiger charge is 2.75. The lowest BCUT2D eigenvalue weighted by Crippen LogP contribution is -2.69. The molecule has 1 aromatic carbocycles. The van der Waals surface area contributed by atoms with Gasteiger partial charge in [0.25, 0.3) is 0 Å². The van der Waals surface area contributed by atoms with Crippen molar-refractivity contribution >= 4 is 17.4 Å².